The minimum Gasteiger partial charge on any atom is -0.370 e. The molecule has 0 radical (unpaired) electrons. The predicted molar refractivity (Wildman–Crippen MR) is 80.0 cm³/mol. The molecule has 3 heteroatoms. The van der Waals surface area contributed by atoms with Crippen molar-refractivity contribution < 1.29 is 0 Å². The van der Waals surface area contributed by atoms with Crippen molar-refractivity contribution in [3.05, 3.63) is 57.7 Å². The van der Waals surface area contributed by atoms with Crippen molar-refractivity contribution in [3.8, 4) is 0 Å². The highest BCUT2D eigenvalue weighted by molar-refractivity contribution is 9.10. The number of aryl methyl sites for hydroxylation is 2. The first-order valence-electron chi connectivity index (χ1n) is 6.07. The Labute approximate surface area is 117 Å². The maximum absolute atomic E-state index is 4.29. The van der Waals surface area contributed by atoms with Gasteiger partial charge in [-0.15, -0.1) is 0 Å². The fraction of sp³-hybridized carbons (Fsp3) is 0.267. The molecule has 0 saturated heterocycles. The molecule has 0 amide bonds. The highest BCUT2D eigenvalue weighted by atomic mass is 79.9. The van der Waals surface area contributed by atoms with Crippen molar-refractivity contribution in [1.82, 2.24) is 4.98 Å². The Morgan fingerprint density at radius 1 is 1.17 bits per heavy atom. The Kier molecular flexibility index (Phi) is 4.37. The van der Waals surface area contributed by atoms with Gasteiger partial charge in [-0.1, -0.05) is 23.8 Å². The first-order chi connectivity index (χ1) is 8.65. The summed E-state index contributed by atoms with van der Waals surface area (Å²) in [6.07, 6.45) is 2.82. The molecule has 18 heavy (non-hydrogen) atoms. The summed E-state index contributed by atoms with van der Waals surface area (Å²) in [5.41, 5.74) is 4.07. The molecular weight excluding hydrogens is 288 g/mol. The van der Waals surface area contributed by atoms with Crippen LogP contribution in [0.1, 0.15) is 16.7 Å². The van der Waals surface area contributed by atoms with Crippen molar-refractivity contribution in [2.45, 2.75) is 20.3 Å². The van der Waals surface area contributed by atoms with Crippen molar-refractivity contribution in [2.75, 3.05) is 11.9 Å². The Balaban J connectivity index is 1.92. The lowest BCUT2D eigenvalue weighted by Crippen LogP contribution is -2.07. The topological polar surface area (TPSA) is 24.9 Å². The van der Waals surface area contributed by atoms with E-state index in [9.17, 15) is 0 Å². The highest BCUT2D eigenvalue weighted by Gasteiger charge is 1.99. The van der Waals surface area contributed by atoms with Crippen LogP contribution in [-0.4, -0.2) is 11.5 Å². The van der Waals surface area contributed by atoms with Gasteiger partial charge in [-0.25, -0.2) is 4.98 Å². The van der Waals surface area contributed by atoms with Gasteiger partial charge in [0.1, 0.15) is 5.82 Å². The number of hydrogen-bond acceptors (Lipinski definition) is 2. The molecule has 0 unspecified atom stereocenters. The molecular formula is C15H17BrN2. The first kappa shape index (κ1) is 13.1. The molecule has 0 spiro atoms. The predicted octanol–water partition coefficient (Wildman–Crippen LogP) is 4.12. The third-order valence-corrected chi connectivity index (χ3v) is 3.40. The van der Waals surface area contributed by atoms with Gasteiger partial charge in [0.05, 0.1) is 0 Å². The SMILES string of the molecule is Cc1ccc(C)c(CCNc2ccc(Br)cn2)c1. The van der Waals surface area contributed by atoms with E-state index in [0.717, 1.165) is 23.3 Å². The monoisotopic (exact) mass is 304 g/mol. The van der Waals surface area contributed by atoms with Gasteiger partial charge in [0.15, 0.2) is 0 Å². The molecule has 0 aliphatic carbocycles. The number of rotatable bonds is 4. The van der Waals surface area contributed by atoms with Gasteiger partial charge in [0.25, 0.3) is 0 Å². The smallest absolute Gasteiger partial charge is 0.125 e. The molecule has 0 atom stereocenters. The zero-order valence-corrected chi connectivity index (χ0v) is 12.3. The summed E-state index contributed by atoms with van der Waals surface area (Å²) in [6.45, 7) is 5.19. The van der Waals surface area contributed by atoms with E-state index in [-0.39, 0.29) is 0 Å². The Hall–Kier alpha value is -1.35. The molecule has 0 aliphatic rings. The maximum atomic E-state index is 4.29. The molecule has 1 aromatic carbocycles. The standard InChI is InChI=1S/C15H17BrN2/c1-11-3-4-12(2)13(9-11)7-8-17-15-6-5-14(16)10-18-15/h3-6,9-10H,7-8H2,1-2H3,(H,17,18). The summed E-state index contributed by atoms with van der Waals surface area (Å²) in [7, 11) is 0. The lowest BCUT2D eigenvalue weighted by atomic mass is 10.0. The van der Waals surface area contributed by atoms with E-state index in [1.165, 1.54) is 16.7 Å². The van der Waals surface area contributed by atoms with E-state index in [1.807, 2.05) is 12.1 Å². The molecule has 1 N–H and O–H groups in total. The zero-order valence-electron chi connectivity index (χ0n) is 10.7. The van der Waals surface area contributed by atoms with E-state index in [2.05, 4.69) is 58.3 Å². The largest absolute Gasteiger partial charge is 0.370 e. The summed E-state index contributed by atoms with van der Waals surface area (Å²) >= 11 is 3.38. The molecule has 0 bridgehead atoms. The van der Waals surface area contributed by atoms with Crippen LogP contribution in [0.5, 0.6) is 0 Å². The summed E-state index contributed by atoms with van der Waals surface area (Å²) in [6, 6.07) is 10.6. The second kappa shape index (κ2) is 6.01. The number of aromatic nitrogens is 1. The van der Waals surface area contributed by atoms with Crippen LogP contribution in [0.3, 0.4) is 0 Å². The van der Waals surface area contributed by atoms with E-state index in [4.69, 9.17) is 0 Å². The first-order valence-corrected chi connectivity index (χ1v) is 6.86. The van der Waals surface area contributed by atoms with Crippen LogP contribution >= 0.6 is 15.9 Å². The number of nitrogens with zero attached hydrogens (tertiary/aromatic N) is 1. The quantitative estimate of drug-likeness (QED) is 0.919. The second-order valence-corrected chi connectivity index (χ2v) is 5.38. The number of halogens is 1. The maximum Gasteiger partial charge on any atom is 0.125 e. The van der Waals surface area contributed by atoms with Gasteiger partial charge in [-0.3, -0.25) is 0 Å². The molecule has 1 heterocycles. The summed E-state index contributed by atoms with van der Waals surface area (Å²) < 4.78 is 1.00. The van der Waals surface area contributed by atoms with Gasteiger partial charge < -0.3 is 5.32 Å². The van der Waals surface area contributed by atoms with E-state index < -0.39 is 0 Å². The van der Waals surface area contributed by atoms with E-state index >= 15 is 0 Å². The van der Waals surface area contributed by atoms with Crippen molar-refractivity contribution in [3.63, 3.8) is 0 Å². The lowest BCUT2D eigenvalue weighted by Gasteiger charge is -2.09. The van der Waals surface area contributed by atoms with Crippen LogP contribution in [0.2, 0.25) is 0 Å². The Morgan fingerprint density at radius 2 is 2.00 bits per heavy atom. The normalized spacial score (nSPS) is 10.4. The number of hydrogen-bond donors (Lipinski definition) is 1. The lowest BCUT2D eigenvalue weighted by molar-refractivity contribution is 0.990. The van der Waals surface area contributed by atoms with Crippen LogP contribution < -0.4 is 5.32 Å². The molecule has 2 aromatic rings. The van der Waals surface area contributed by atoms with Crippen LogP contribution in [0.4, 0.5) is 5.82 Å². The fourth-order valence-corrected chi connectivity index (χ4v) is 2.11. The minimum atomic E-state index is 0.902. The van der Waals surface area contributed by atoms with Crippen molar-refractivity contribution in [1.29, 1.82) is 0 Å². The molecule has 2 nitrogen and oxygen atoms in total. The Bertz CT molecular complexity index is 521. The fourth-order valence-electron chi connectivity index (χ4n) is 1.88. The third-order valence-electron chi connectivity index (χ3n) is 2.93. The van der Waals surface area contributed by atoms with Gasteiger partial charge in [0, 0.05) is 17.2 Å². The molecule has 2 rings (SSSR count). The Morgan fingerprint density at radius 3 is 2.72 bits per heavy atom. The van der Waals surface area contributed by atoms with Crippen LogP contribution in [0, 0.1) is 13.8 Å². The molecule has 1 aromatic heterocycles. The summed E-state index contributed by atoms with van der Waals surface area (Å²) in [5, 5.41) is 3.34. The summed E-state index contributed by atoms with van der Waals surface area (Å²) in [5.74, 6) is 0.920. The zero-order chi connectivity index (χ0) is 13.0. The van der Waals surface area contributed by atoms with Gasteiger partial charge in [-0.2, -0.15) is 0 Å². The van der Waals surface area contributed by atoms with Crippen molar-refractivity contribution >= 4 is 21.7 Å². The van der Waals surface area contributed by atoms with Crippen LogP contribution in [-0.2, 0) is 6.42 Å². The minimum absolute atomic E-state index is 0.902. The summed E-state index contributed by atoms with van der Waals surface area (Å²) in [4.78, 5) is 4.29. The number of nitrogens with one attached hydrogen (secondary N) is 1. The number of pyridine rings is 1. The highest BCUT2D eigenvalue weighted by Crippen LogP contribution is 2.13. The van der Waals surface area contributed by atoms with E-state index in [1.54, 1.807) is 6.20 Å². The average Bonchev–Trinajstić information content (AvgIpc) is 2.36. The van der Waals surface area contributed by atoms with Crippen LogP contribution in [0.25, 0.3) is 0 Å². The second-order valence-electron chi connectivity index (χ2n) is 4.47. The van der Waals surface area contributed by atoms with Gasteiger partial charge >= 0.3 is 0 Å². The molecule has 94 valence electrons. The number of benzene rings is 1. The van der Waals surface area contributed by atoms with Crippen LogP contribution in [0.15, 0.2) is 41.0 Å². The van der Waals surface area contributed by atoms with Gasteiger partial charge in [0.2, 0.25) is 0 Å². The molecule has 0 aliphatic heterocycles. The van der Waals surface area contributed by atoms with E-state index in [0.29, 0.717) is 0 Å². The average molecular weight is 305 g/mol. The number of anilines is 1. The molecule has 0 saturated carbocycles. The molecule has 0 fully saturated rings. The van der Waals surface area contributed by atoms with Crippen molar-refractivity contribution in [2.24, 2.45) is 0 Å². The van der Waals surface area contributed by atoms with Gasteiger partial charge in [-0.05, 0) is 59.5 Å². The third kappa shape index (κ3) is 3.57.